The lowest BCUT2D eigenvalue weighted by atomic mass is 9.97. The molecule has 3 heterocycles. The molecule has 112 valence electrons. The van der Waals surface area contributed by atoms with Crippen LogP contribution in [0.3, 0.4) is 0 Å². The van der Waals surface area contributed by atoms with Crippen LogP contribution in [-0.4, -0.2) is 54.3 Å². The number of carbonyl (C=O) groups is 1. The number of ether oxygens (including phenoxy) is 2. The molecule has 0 unspecified atom stereocenters. The van der Waals surface area contributed by atoms with E-state index in [-0.39, 0.29) is 5.69 Å². The van der Waals surface area contributed by atoms with Gasteiger partial charge in [-0.05, 0) is 12.3 Å². The Morgan fingerprint density at radius 1 is 1.43 bits per heavy atom. The van der Waals surface area contributed by atoms with E-state index < -0.39 is 5.97 Å². The van der Waals surface area contributed by atoms with Crippen molar-refractivity contribution < 1.29 is 14.3 Å². The first-order valence-electron chi connectivity index (χ1n) is 6.89. The smallest absolute Gasteiger partial charge is 0.356 e. The minimum absolute atomic E-state index is 0.284. The van der Waals surface area contributed by atoms with Crippen molar-refractivity contribution in [2.75, 3.05) is 38.8 Å². The van der Waals surface area contributed by atoms with Crippen molar-refractivity contribution in [3.8, 4) is 0 Å². The average Bonchev–Trinajstić information content (AvgIpc) is 2.93. The van der Waals surface area contributed by atoms with Crippen LogP contribution in [0.4, 0.5) is 5.95 Å². The van der Waals surface area contributed by atoms with Gasteiger partial charge in [0.15, 0.2) is 5.69 Å². The molecule has 7 nitrogen and oxygen atoms in total. The van der Waals surface area contributed by atoms with Crippen LogP contribution in [0.1, 0.15) is 16.9 Å². The van der Waals surface area contributed by atoms with Gasteiger partial charge >= 0.3 is 5.97 Å². The van der Waals surface area contributed by atoms with Gasteiger partial charge in [-0.3, -0.25) is 4.40 Å². The van der Waals surface area contributed by atoms with Gasteiger partial charge in [0.25, 0.3) is 0 Å². The Kier molecular flexibility index (Phi) is 3.74. The van der Waals surface area contributed by atoms with Crippen LogP contribution >= 0.6 is 0 Å². The van der Waals surface area contributed by atoms with Crippen molar-refractivity contribution in [3.63, 3.8) is 0 Å². The maximum atomic E-state index is 11.7. The highest BCUT2D eigenvalue weighted by atomic mass is 16.5. The average molecular weight is 290 g/mol. The zero-order chi connectivity index (χ0) is 14.8. The lowest BCUT2D eigenvalue weighted by Crippen LogP contribution is -2.48. The number of methoxy groups -OCH3 is 2. The zero-order valence-corrected chi connectivity index (χ0v) is 12.2. The van der Waals surface area contributed by atoms with Crippen LogP contribution in [0.15, 0.2) is 18.5 Å². The number of nitrogens with zero attached hydrogens (tertiary/aromatic N) is 4. The number of aromatic nitrogens is 3. The maximum absolute atomic E-state index is 11.7. The van der Waals surface area contributed by atoms with E-state index in [1.165, 1.54) is 7.11 Å². The molecule has 0 aromatic carbocycles. The molecule has 7 heteroatoms. The molecule has 0 N–H and O–H groups in total. The number of esters is 1. The van der Waals surface area contributed by atoms with Gasteiger partial charge in [-0.1, -0.05) is 0 Å². The van der Waals surface area contributed by atoms with Crippen molar-refractivity contribution >= 4 is 17.6 Å². The van der Waals surface area contributed by atoms with Gasteiger partial charge < -0.3 is 14.4 Å². The summed E-state index contributed by atoms with van der Waals surface area (Å²) in [6.07, 6.45) is 4.59. The van der Waals surface area contributed by atoms with Crippen LogP contribution in [0.2, 0.25) is 0 Å². The number of imidazole rings is 1. The number of rotatable bonds is 5. The Labute approximate surface area is 122 Å². The highest BCUT2D eigenvalue weighted by molar-refractivity contribution is 5.88. The second-order valence-electron chi connectivity index (χ2n) is 5.14. The summed E-state index contributed by atoms with van der Waals surface area (Å²) in [5, 5.41) is 0. The van der Waals surface area contributed by atoms with E-state index in [1.807, 2.05) is 10.6 Å². The van der Waals surface area contributed by atoms with Gasteiger partial charge in [-0.15, -0.1) is 0 Å². The van der Waals surface area contributed by atoms with Crippen molar-refractivity contribution in [1.82, 2.24) is 14.4 Å². The summed E-state index contributed by atoms with van der Waals surface area (Å²) in [5.41, 5.74) is 0.979. The lowest BCUT2D eigenvalue weighted by molar-refractivity contribution is 0.0594. The Morgan fingerprint density at radius 3 is 2.95 bits per heavy atom. The topological polar surface area (TPSA) is 69.0 Å². The van der Waals surface area contributed by atoms with E-state index in [1.54, 1.807) is 19.4 Å². The Hall–Kier alpha value is -2.15. The van der Waals surface area contributed by atoms with Gasteiger partial charge in [-0.25, -0.2) is 14.8 Å². The van der Waals surface area contributed by atoms with E-state index in [0.717, 1.165) is 32.1 Å². The molecular weight excluding hydrogens is 272 g/mol. The molecule has 0 saturated carbocycles. The van der Waals surface area contributed by atoms with Crippen molar-refractivity contribution in [3.05, 3.63) is 24.2 Å². The summed E-state index contributed by atoms with van der Waals surface area (Å²) in [6.45, 7) is 2.59. The molecular formula is C14H18N4O3. The van der Waals surface area contributed by atoms with Crippen LogP contribution in [0.5, 0.6) is 0 Å². The number of hydrogen-bond acceptors (Lipinski definition) is 6. The van der Waals surface area contributed by atoms with Gasteiger partial charge in [0.2, 0.25) is 5.95 Å². The molecule has 21 heavy (non-hydrogen) atoms. The maximum Gasteiger partial charge on any atom is 0.356 e. The molecule has 1 aliphatic heterocycles. The Bertz CT molecular complexity index is 649. The summed E-state index contributed by atoms with van der Waals surface area (Å²) in [5.74, 6) is 0.893. The number of fused-ring (bicyclic) bond motifs is 1. The molecule has 0 atom stereocenters. The van der Waals surface area contributed by atoms with Crippen LogP contribution in [0, 0.1) is 5.92 Å². The highest BCUT2D eigenvalue weighted by Crippen LogP contribution is 2.26. The third-order valence-electron chi connectivity index (χ3n) is 3.74. The number of hydrogen-bond donors (Lipinski definition) is 0. The van der Waals surface area contributed by atoms with E-state index in [9.17, 15) is 4.79 Å². The van der Waals surface area contributed by atoms with Crippen molar-refractivity contribution in [2.24, 2.45) is 5.92 Å². The van der Waals surface area contributed by atoms with E-state index in [4.69, 9.17) is 9.47 Å². The van der Waals surface area contributed by atoms with E-state index in [2.05, 4.69) is 14.9 Å². The van der Waals surface area contributed by atoms with Crippen LogP contribution < -0.4 is 4.90 Å². The lowest BCUT2D eigenvalue weighted by Gasteiger charge is -2.40. The minimum atomic E-state index is -0.446. The van der Waals surface area contributed by atoms with E-state index >= 15 is 0 Å². The largest absolute Gasteiger partial charge is 0.464 e. The molecule has 2 aromatic rings. The first-order valence-corrected chi connectivity index (χ1v) is 6.89. The highest BCUT2D eigenvalue weighted by Gasteiger charge is 2.29. The van der Waals surface area contributed by atoms with Crippen LogP contribution in [0.25, 0.3) is 5.65 Å². The fourth-order valence-electron chi connectivity index (χ4n) is 2.54. The van der Waals surface area contributed by atoms with Gasteiger partial charge in [0, 0.05) is 45.3 Å². The fourth-order valence-corrected chi connectivity index (χ4v) is 2.54. The molecule has 0 aliphatic carbocycles. The van der Waals surface area contributed by atoms with E-state index in [0.29, 0.717) is 11.6 Å². The molecule has 3 rings (SSSR count). The Morgan fingerprint density at radius 2 is 2.24 bits per heavy atom. The van der Waals surface area contributed by atoms with Gasteiger partial charge in [0.05, 0.1) is 7.11 Å². The predicted octanol–water partition coefficient (Wildman–Crippen LogP) is 0.989. The number of anilines is 1. The summed E-state index contributed by atoms with van der Waals surface area (Å²) in [4.78, 5) is 22.5. The molecule has 1 saturated heterocycles. The van der Waals surface area contributed by atoms with Crippen molar-refractivity contribution in [1.29, 1.82) is 0 Å². The molecule has 0 radical (unpaired) electrons. The van der Waals surface area contributed by atoms with Gasteiger partial charge in [0.1, 0.15) is 5.65 Å². The summed E-state index contributed by atoms with van der Waals surface area (Å²) >= 11 is 0. The Balaban J connectivity index is 1.84. The number of carbonyl (C=O) groups excluding carboxylic acids is 1. The quantitative estimate of drug-likeness (QED) is 0.765. The molecule has 0 amide bonds. The predicted molar refractivity (Wildman–Crippen MR) is 76.5 cm³/mol. The zero-order valence-electron chi connectivity index (χ0n) is 12.2. The molecule has 1 fully saturated rings. The monoisotopic (exact) mass is 290 g/mol. The van der Waals surface area contributed by atoms with Crippen LogP contribution in [-0.2, 0) is 9.47 Å². The molecule has 1 aliphatic rings. The first kappa shape index (κ1) is 13.8. The second-order valence-corrected chi connectivity index (χ2v) is 5.14. The normalized spacial score (nSPS) is 15.2. The summed E-state index contributed by atoms with van der Waals surface area (Å²) in [7, 11) is 3.07. The third-order valence-corrected chi connectivity index (χ3v) is 3.74. The first-order chi connectivity index (χ1) is 10.2. The second kappa shape index (κ2) is 5.69. The SMILES string of the molecule is COCCC1CN(c2nc(C(=O)OC)cc3nccn23)C1. The third kappa shape index (κ3) is 2.56. The molecule has 0 spiro atoms. The molecule has 0 bridgehead atoms. The summed E-state index contributed by atoms with van der Waals surface area (Å²) in [6, 6.07) is 1.64. The van der Waals surface area contributed by atoms with Gasteiger partial charge in [-0.2, -0.15) is 0 Å². The van der Waals surface area contributed by atoms with Crippen molar-refractivity contribution in [2.45, 2.75) is 6.42 Å². The standard InChI is InChI=1S/C14H18N4O3/c1-20-6-3-10-8-17(9-10)14-16-11(13(19)21-2)7-12-15-4-5-18(12)14/h4-5,7,10H,3,6,8-9H2,1-2H3. The summed E-state index contributed by atoms with van der Waals surface area (Å²) < 4.78 is 11.7. The molecule has 2 aromatic heterocycles. The minimum Gasteiger partial charge on any atom is -0.464 e. The fraction of sp³-hybridized carbons (Fsp3) is 0.500.